The molecule has 1 aromatic carbocycles. The Morgan fingerprint density at radius 2 is 1.96 bits per heavy atom. The molecule has 2 aromatic rings. The molecule has 1 amide bonds. The molecule has 1 aliphatic rings. The van der Waals surface area contributed by atoms with E-state index in [9.17, 15) is 4.79 Å². The summed E-state index contributed by atoms with van der Waals surface area (Å²) in [5.41, 5.74) is 2.43. The second kappa shape index (κ2) is 6.95. The first-order chi connectivity index (χ1) is 11.1. The highest BCUT2D eigenvalue weighted by Crippen LogP contribution is 2.32. The highest BCUT2D eigenvalue weighted by atomic mass is 16.2. The lowest BCUT2D eigenvalue weighted by atomic mass is 9.87. The molecule has 0 atom stereocenters. The molecule has 1 aromatic heterocycles. The van der Waals surface area contributed by atoms with Crippen LogP contribution in [0.1, 0.15) is 38.2 Å². The van der Waals surface area contributed by atoms with Crippen molar-refractivity contribution in [3.8, 4) is 0 Å². The summed E-state index contributed by atoms with van der Waals surface area (Å²) in [4.78, 5) is 18.6. The number of likely N-dealkylation sites (tertiary alicyclic amines) is 1. The third kappa shape index (κ3) is 3.61. The van der Waals surface area contributed by atoms with Gasteiger partial charge in [0, 0.05) is 24.7 Å². The molecule has 23 heavy (non-hydrogen) atoms. The normalized spacial score (nSPS) is 16.6. The molecule has 0 radical (unpaired) electrons. The van der Waals surface area contributed by atoms with Gasteiger partial charge in [-0.2, -0.15) is 0 Å². The fraction of sp³-hybridized carbons (Fsp3) is 0.400. The van der Waals surface area contributed by atoms with Gasteiger partial charge >= 0.3 is 0 Å². The number of pyridine rings is 1. The zero-order valence-electron chi connectivity index (χ0n) is 13.9. The molecule has 3 rings (SSSR count). The van der Waals surface area contributed by atoms with Gasteiger partial charge in [0.25, 0.3) is 0 Å². The Hall–Kier alpha value is -2.16. The van der Waals surface area contributed by atoms with Crippen molar-refractivity contribution in [3.05, 3.63) is 54.2 Å². The maximum atomic E-state index is 12.2. The van der Waals surface area contributed by atoms with Crippen LogP contribution in [-0.4, -0.2) is 28.9 Å². The van der Waals surface area contributed by atoms with E-state index in [4.69, 9.17) is 0 Å². The predicted octanol–water partition coefficient (Wildman–Crippen LogP) is 4.15. The third-order valence-electron chi connectivity index (χ3n) is 4.55. The van der Waals surface area contributed by atoms with Crippen molar-refractivity contribution >= 4 is 16.8 Å². The van der Waals surface area contributed by atoms with E-state index in [2.05, 4.69) is 43.1 Å². The molecule has 0 bridgehead atoms. The molecular formula is C20H24N2O. The van der Waals surface area contributed by atoms with Crippen LogP contribution in [0, 0.1) is 5.92 Å². The molecule has 1 fully saturated rings. The summed E-state index contributed by atoms with van der Waals surface area (Å²) in [6.07, 6.45) is 7.66. The second-order valence-corrected chi connectivity index (χ2v) is 6.62. The summed E-state index contributed by atoms with van der Waals surface area (Å²) in [6.45, 7) is 5.85. The fourth-order valence-electron chi connectivity index (χ4n) is 3.27. The van der Waals surface area contributed by atoms with E-state index >= 15 is 0 Å². The van der Waals surface area contributed by atoms with Gasteiger partial charge in [-0.25, -0.2) is 0 Å². The largest absolute Gasteiger partial charge is 0.339 e. The van der Waals surface area contributed by atoms with Gasteiger partial charge in [-0.15, -0.1) is 0 Å². The number of fused-ring (bicyclic) bond motifs is 1. The molecule has 1 aliphatic heterocycles. The molecule has 120 valence electrons. The first kappa shape index (κ1) is 15.7. The van der Waals surface area contributed by atoms with Crippen molar-refractivity contribution in [2.45, 2.75) is 32.6 Å². The number of aromatic nitrogens is 1. The maximum absolute atomic E-state index is 12.2. The van der Waals surface area contributed by atoms with E-state index < -0.39 is 0 Å². The fourth-order valence-corrected chi connectivity index (χ4v) is 3.27. The van der Waals surface area contributed by atoms with Crippen LogP contribution in [0.15, 0.2) is 48.7 Å². The molecular weight excluding hydrogens is 284 g/mol. The number of rotatable bonds is 3. The van der Waals surface area contributed by atoms with Gasteiger partial charge in [-0.1, -0.05) is 38.1 Å². The van der Waals surface area contributed by atoms with E-state index in [1.165, 1.54) is 10.9 Å². The minimum absolute atomic E-state index is 0.150. The lowest BCUT2D eigenvalue weighted by Crippen LogP contribution is -2.37. The minimum Gasteiger partial charge on any atom is -0.339 e. The topological polar surface area (TPSA) is 33.2 Å². The Bertz CT molecular complexity index is 707. The quantitative estimate of drug-likeness (QED) is 0.798. The number of carbonyl (C=O) groups excluding carboxylic acids is 1. The SMILES string of the molecule is CC(C)C=CC(=O)N1CCC(c2ccnc3ccccc23)CC1. The number of para-hydroxylation sites is 1. The van der Waals surface area contributed by atoms with E-state index in [1.54, 1.807) is 6.08 Å². The molecule has 3 nitrogen and oxygen atoms in total. The summed E-state index contributed by atoms with van der Waals surface area (Å²) in [5, 5.41) is 1.25. The van der Waals surface area contributed by atoms with Crippen molar-refractivity contribution < 1.29 is 4.79 Å². The van der Waals surface area contributed by atoms with Gasteiger partial charge in [0.2, 0.25) is 5.91 Å². The summed E-state index contributed by atoms with van der Waals surface area (Å²) in [7, 11) is 0. The van der Waals surface area contributed by atoms with Crippen LogP contribution in [0.4, 0.5) is 0 Å². The van der Waals surface area contributed by atoms with E-state index in [0.29, 0.717) is 11.8 Å². The number of amides is 1. The molecule has 0 aliphatic carbocycles. The molecule has 1 saturated heterocycles. The van der Waals surface area contributed by atoms with Gasteiger partial charge < -0.3 is 4.90 Å². The van der Waals surface area contributed by atoms with Crippen LogP contribution in [0.2, 0.25) is 0 Å². The molecule has 0 saturated carbocycles. The molecule has 2 heterocycles. The standard InChI is InChI=1S/C20H24N2O/c1-15(2)7-8-20(23)22-13-10-16(11-14-22)17-9-12-21-19-6-4-3-5-18(17)19/h3-9,12,15-16H,10-11,13-14H2,1-2H3. The first-order valence-electron chi connectivity index (χ1n) is 8.46. The van der Waals surface area contributed by atoms with Crippen molar-refractivity contribution in [1.82, 2.24) is 9.88 Å². The smallest absolute Gasteiger partial charge is 0.246 e. The van der Waals surface area contributed by atoms with Gasteiger partial charge in [-0.3, -0.25) is 9.78 Å². The van der Waals surface area contributed by atoms with Gasteiger partial charge in [0.1, 0.15) is 0 Å². The number of piperidine rings is 1. The Morgan fingerprint density at radius 1 is 1.22 bits per heavy atom. The summed E-state index contributed by atoms with van der Waals surface area (Å²) in [5.74, 6) is 1.08. The summed E-state index contributed by atoms with van der Waals surface area (Å²) >= 11 is 0. The number of nitrogens with zero attached hydrogens (tertiary/aromatic N) is 2. The van der Waals surface area contributed by atoms with Gasteiger partial charge in [0.05, 0.1) is 5.52 Å². The Morgan fingerprint density at radius 3 is 2.70 bits per heavy atom. The zero-order chi connectivity index (χ0) is 16.2. The highest BCUT2D eigenvalue weighted by molar-refractivity contribution is 5.87. The van der Waals surface area contributed by atoms with E-state index in [-0.39, 0.29) is 5.91 Å². The average Bonchev–Trinajstić information content (AvgIpc) is 2.59. The lowest BCUT2D eigenvalue weighted by Gasteiger charge is -2.32. The Kier molecular flexibility index (Phi) is 4.75. The van der Waals surface area contributed by atoms with Crippen LogP contribution >= 0.6 is 0 Å². The molecule has 0 unspecified atom stereocenters. The van der Waals surface area contributed by atoms with Crippen molar-refractivity contribution in [2.75, 3.05) is 13.1 Å². The number of benzene rings is 1. The summed E-state index contributed by atoms with van der Waals surface area (Å²) < 4.78 is 0. The molecule has 3 heteroatoms. The van der Waals surface area contributed by atoms with Crippen LogP contribution in [0.25, 0.3) is 10.9 Å². The lowest BCUT2D eigenvalue weighted by molar-refractivity contribution is -0.127. The summed E-state index contributed by atoms with van der Waals surface area (Å²) in [6, 6.07) is 10.5. The van der Waals surface area contributed by atoms with Crippen molar-refractivity contribution in [1.29, 1.82) is 0 Å². The van der Waals surface area contributed by atoms with Gasteiger partial charge in [0.15, 0.2) is 0 Å². The van der Waals surface area contributed by atoms with Crippen molar-refractivity contribution in [2.24, 2.45) is 5.92 Å². The Balaban J connectivity index is 1.70. The molecule has 0 spiro atoms. The highest BCUT2D eigenvalue weighted by Gasteiger charge is 2.23. The average molecular weight is 308 g/mol. The van der Waals surface area contributed by atoms with E-state index in [0.717, 1.165) is 31.4 Å². The third-order valence-corrected chi connectivity index (χ3v) is 4.55. The Labute approximate surface area is 138 Å². The predicted molar refractivity (Wildman–Crippen MR) is 94.3 cm³/mol. The minimum atomic E-state index is 0.150. The number of carbonyl (C=O) groups is 1. The van der Waals surface area contributed by atoms with Crippen LogP contribution in [0.5, 0.6) is 0 Å². The molecule has 0 N–H and O–H groups in total. The second-order valence-electron chi connectivity index (χ2n) is 6.62. The van der Waals surface area contributed by atoms with Crippen LogP contribution in [0.3, 0.4) is 0 Å². The van der Waals surface area contributed by atoms with Gasteiger partial charge in [-0.05, 0) is 48.4 Å². The number of hydrogen-bond donors (Lipinski definition) is 0. The number of hydrogen-bond acceptors (Lipinski definition) is 2. The van der Waals surface area contributed by atoms with Crippen LogP contribution in [-0.2, 0) is 4.79 Å². The maximum Gasteiger partial charge on any atom is 0.246 e. The van der Waals surface area contributed by atoms with E-state index in [1.807, 2.05) is 23.2 Å². The van der Waals surface area contributed by atoms with Crippen LogP contribution < -0.4 is 0 Å². The van der Waals surface area contributed by atoms with Crippen molar-refractivity contribution in [3.63, 3.8) is 0 Å². The number of allylic oxidation sites excluding steroid dienone is 1. The zero-order valence-corrected chi connectivity index (χ0v) is 13.9. The monoisotopic (exact) mass is 308 g/mol. The first-order valence-corrected chi connectivity index (χ1v) is 8.46.